The zero-order valence-electron chi connectivity index (χ0n) is 20.0. The summed E-state index contributed by atoms with van der Waals surface area (Å²) in [5, 5.41) is 14.3. The first-order valence-corrected chi connectivity index (χ1v) is 12.7. The molecule has 0 bridgehead atoms. The maximum absolute atomic E-state index is 13.1. The molecule has 37 heavy (non-hydrogen) atoms. The van der Waals surface area contributed by atoms with E-state index in [1.807, 2.05) is 80.6 Å². The van der Waals surface area contributed by atoms with Gasteiger partial charge in [0.1, 0.15) is 5.70 Å². The number of nitrogens with zero attached hydrogens (tertiary/aromatic N) is 3. The van der Waals surface area contributed by atoms with Gasteiger partial charge in [0.25, 0.3) is 11.6 Å². The zero-order valence-corrected chi connectivity index (χ0v) is 21.7. The van der Waals surface area contributed by atoms with Gasteiger partial charge in [0.15, 0.2) is 5.11 Å². The van der Waals surface area contributed by atoms with Gasteiger partial charge in [-0.2, -0.15) is 0 Å². The molecule has 2 heterocycles. The highest BCUT2D eigenvalue weighted by Crippen LogP contribution is 2.31. The molecule has 0 unspecified atom stereocenters. The Morgan fingerprint density at radius 2 is 1.54 bits per heavy atom. The summed E-state index contributed by atoms with van der Waals surface area (Å²) in [6.07, 6.45) is 1.84. The molecule has 1 saturated heterocycles. The van der Waals surface area contributed by atoms with Gasteiger partial charge in [0.05, 0.1) is 10.6 Å². The maximum atomic E-state index is 13.1. The summed E-state index contributed by atoms with van der Waals surface area (Å²) in [5.41, 5.74) is 5.20. The summed E-state index contributed by atoms with van der Waals surface area (Å²) < 4.78 is 2.14. The first-order chi connectivity index (χ1) is 17.8. The third-order valence-electron chi connectivity index (χ3n) is 6.04. The summed E-state index contributed by atoms with van der Waals surface area (Å²) in [6, 6.07) is 26.0. The van der Waals surface area contributed by atoms with Crippen molar-refractivity contribution in [2.24, 2.45) is 0 Å². The Balaban J connectivity index is 1.37. The number of carbonyl (C=O) groups is 1. The van der Waals surface area contributed by atoms with Crippen LogP contribution in [0.4, 0.5) is 11.4 Å². The quantitative estimate of drug-likeness (QED) is 0.135. The molecule has 7 nitrogen and oxygen atoms in total. The van der Waals surface area contributed by atoms with E-state index in [1.165, 1.54) is 17.0 Å². The van der Waals surface area contributed by atoms with Crippen LogP contribution in [0.5, 0.6) is 0 Å². The summed E-state index contributed by atoms with van der Waals surface area (Å²) in [6.45, 7) is 4.05. The lowest BCUT2D eigenvalue weighted by atomic mass is 10.2. The highest BCUT2D eigenvalue weighted by molar-refractivity contribution is 7.99. The van der Waals surface area contributed by atoms with Gasteiger partial charge in [0.2, 0.25) is 0 Å². The minimum absolute atomic E-state index is 0.0770. The molecule has 1 aliphatic rings. The number of nitro benzene ring substituents is 1. The highest BCUT2D eigenvalue weighted by atomic mass is 32.2. The Morgan fingerprint density at radius 3 is 2.16 bits per heavy atom. The molecule has 184 valence electrons. The number of hydrogen-bond donors (Lipinski definition) is 1. The van der Waals surface area contributed by atoms with Crippen LogP contribution in [0.25, 0.3) is 11.8 Å². The number of thiocarbonyl (C=S) groups is 1. The van der Waals surface area contributed by atoms with E-state index >= 15 is 0 Å². The van der Waals surface area contributed by atoms with Gasteiger partial charge in [0, 0.05) is 39.0 Å². The molecule has 5 rings (SSSR count). The lowest BCUT2D eigenvalue weighted by Gasteiger charge is -2.13. The second kappa shape index (κ2) is 10.0. The monoisotopic (exact) mass is 526 g/mol. The van der Waals surface area contributed by atoms with Crippen LogP contribution in [-0.4, -0.2) is 20.5 Å². The van der Waals surface area contributed by atoms with Crippen molar-refractivity contribution in [1.29, 1.82) is 0 Å². The first kappa shape index (κ1) is 24.5. The molecule has 0 atom stereocenters. The minimum atomic E-state index is -0.401. The van der Waals surface area contributed by atoms with Crippen molar-refractivity contribution in [3.05, 3.63) is 118 Å². The molecule has 1 N–H and O–H groups in total. The number of aromatic nitrogens is 1. The number of benzene rings is 3. The molecule has 1 aliphatic heterocycles. The predicted octanol–water partition coefficient (Wildman–Crippen LogP) is 6.42. The summed E-state index contributed by atoms with van der Waals surface area (Å²) >= 11 is 6.97. The van der Waals surface area contributed by atoms with E-state index in [-0.39, 0.29) is 11.6 Å². The highest BCUT2D eigenvalue weighted by Gasteiger charge is 2.32. The van der Waals surface area contributed by atoms with Crippen molar-refractivity contribution in [3.63, 3.8) is 0 Å². The van der Waals surface area contributed by atoms with Gasteiger partial charge in [-0.15, -0.1) is 0 Å². The largest absolute Gasteiger partial charge is 0.327 e. The first-order valence-electron chi connectivity index (χ1n) is 11.5. The van der Waals surface area contributed by atoms with Gasteiger partial charge in [-0.1, -0.05) is 30.0 Å². The van der Waals surface area contributed by atoms with Crippen molar-refractivity contribution in [2.75, 3.05) is 4.90 Å². The second-order valence-electron chi connectivity index (χ2n) is 8.47. The molecule has 1 aromatic heterocycles. The van der Waals surface area contributed by atoms with Gasteiger partial charge in [-0.05, 0) is 92.3 Å². The van der Waals surface area contributed by atoms with E-state index in [2.05, 4.69) is 9.88 Å². The Bertz CT molecular complexity index is 1540. The van der Waals surface area contributed by atoms with Crippen LogP contribution in [0.3, 0.4) is 0 Å². The molecule has 0 saturated carbocycles. The van der Waals surface area contributed by atoms with E-state index in [0.717, 1.165) is 38.1 Å². The van der Waals surface area contributed by atoms with Crippen molar-refractivity contribution in [3.8, 4) is 5.69 Å². The molecule has 1 fully saturated rings. The van der Waals surface area contributed by atoms with Crippen molar-refractivity contribution in [1.82, 2.24) is 9.88 Å². The summed E-state index contributed by atoms with van der Waals surface area (Å²) in [4.78, 5) is 27.0. The molecule has 3 aromatic carbocycles. The Labute approximate surface area is 223 Å². The third-order valence-corrected chi connectivity index (χ3v) is 7.34. The van der Waals surface area contributed by atoms with E-state index in [0.29, 0.717) is 10.8 Å². The van der Waals surface area contributed by atoms with Gasteiger partial charge in [-0.3, -0.25) is 19.8 Å². The van der Waals surface area contributed by atoms with Gasteiger partial charge < -0.3 is 9.88 Å². The van der Waals surface area contributed by atoms with Crippen molar-refractivity contribution < 1.29 is 9.72 Å². The number of carbonyl (C=O) groups excluding carboxylic acids is 1. The molecular weight excluding hydrogens is 504 g/mol. The molecule has 9 heteroatoms. The molecule has 1 amide bonds. The topological polar surface area (TPSA) is 80.4 Å². The molecule has 0 radical (unpaired) electrons. The second-order valence-corrected chi connectivity index (χ2v) is 10.0. The van der Waals surface area contributed by atoms with Crippen LogP contribution in [0.1, 0.15) is 17.0 Å². The zero-order chi connectivity index (χ0) is 26.1. The number of aryl methyl sites for hydroxylation is 1. The smallest absolute Gasteiger partial charge is 0.281 e. The van der Waals surface area contributed by atoms with Gasteiger partial charge >= 0.3 is 0 Å². The van der Waals surface area contributed by atoms with Crippen LogP contribution < -0.4 is 10.2 Å². The van der Waals surface area contributed by atoms with Gasteiger partial charge in [-0.25, -0.2) is 0 Å². The summed E-state index contributed by atoms with van der Waals surface area (Å²) in [5.74, 6) is -0.186. The van der Waals surface area contributed by atoms with Crippen LogP contribution in [-0.2, 0) is 4.79 Å². The number of rotatable bonds is 6. The molecular formula is C28H22N4O3S2. The lowest BCUT2D eigenvalue weighted by molar-refractivity contribution is -0.384. The SMILES string of the molecule is Cc1cc(/C=C2\NC(=S)N(c3ccccc3)C2=O)c(C)n1-c1ccc(Sc2ccc([N+](=O)[O-])cc2)cc1. The van der Waals surface area contributed by atoms with E-state index in [1.54, 1.807) is 23.9 Å². The van der Waals surface area contributed by atoms with Crippen molar-refractivity contribution in [2.45, 2.75) is 23.6 Å². The fraction of sp³-hybridized carbons (Fsp3) is 0.0714. The fourth-order valence-electron chi connectivity index (χ4n) is 4.27. The standard InChI is InChI=1S/C28H22N4O3S2/c1-18-16-20(17-26-27(33)31(28(36)29-26)21-6-4-3-5-7-21)19(2)30(18)22-8-12-24(13-9-22)37-25-14-10-23(11-15-25)32(34)35/h3-17H,1-2H3,(H,29,36)/b26-17-. The third kappa shape index (κ3) is 4.91. The van der Waals surface area contributed by atoms with Crippen LogP contribution in [0, 0.1) is 24.0 Å². The van der Waals surface area contributed by atoms with E-state index in [4.69, 9.17) is 12.2 Å². The number of hydrogen-bond acceptors (Lipinski definition) is 5. The average Bonchev–Trinajstić information content (AvgIpc) is 3.33. The maximum Gasteiger partial charge on any atom is 0.281 e. The van der Waals surface area contributed by atoms with Crippen LogP contribution in [0.15, 0.2) is 100 Å². The average molecular weight is 527 g/mol. The molecule has 4 aromatic rings. The Hall–Kier alpha value is -4.21. The number of non-ortho nitro benzene ring substituents is 1. The number of anilines is 1. The Morgan fingerprint density at radius 1 is 0.919 bits per heavy atom. The molecule has 0 spiro atoms. The minimum Gasteiger partial charge on any atom is -0.327 e. The predicted molar refractivity (Wildman–Crippen MR) is 150 cm³/mol. The number of para-hydroxylation sites is 1. The number of amides is 1. The summed E-state index contributed by atoms with van der Waals surface area (Å²) in [7, 11) is 0. The lowest BCUT2D eigenvalue weighted by Crippen LogP contribution is -2.30. The van der Waals surface area contributed by atoms with Crippen LogP contribution in [0.2, 0.25) is 0 Å². The Kier molecular flexibility index (Phi) is 6.64. The van der Waals surface area contributed by atoms with E-state index < -0.39 is 4.92 Å². The fourth-order valence-corrected chi connectivity index (χ4v) is 5.38. The molecule has 0 aliphatic carbocycles. The van der Waals surface area contributed by atoms with Crippen molar-refractivity contribution >= 4 is 52.5 Å². The number of nitrogens with one attached hydrogen (secondary N) is 1. The van der Waals surface area contributed by atoms with Crippen LogP contribution >= 0.6 is 24.0 Å². The van der Waals surface area contributed by atoms with E-state index in [9.17, 15) is 14.9 Å². The number of nitro groups is 1. The normalized spacial score (nSPS) is 14.3.